The zero-order chi connectivity index (χ0) is 22.4. The number of amides is 3. The highest BCUT2D eigenvalue weighted by molar-refractivity contribution is 6.05. The average Bonchev–Trinajstić information content (AvgIpc) is 3.32. The van der Waals surface area contributed by atoms with Crippen LogP contribution in [0.5, 0.6) is 0 Å². The van der Waals surface area contributed by atoms with Crippen LogP contribution in [0.1, 0.15) is 40.7 Å². The fraction of sp³-hybridized carbons (Fsp3) is 0.391. The van der Waals surface area contributed by atoms with E-state index in [0.29, 0.717) is 48.3 Å². The highest BCUT2D eigenvalue weighted by Gasteiger charge is 2.39. The first kappa shape index (κ1) is 20.7. The van der Waals surface area contributed by atoms with Crippen molar-refractivity contribution in [3.63, 3.8) is 0 Å². The van der Waals surface area contributed by atoms with Crippen molar-refractivity contribution in [1.82, 2.24) is 20.1 Å². The molecule has 0 spiro atoms. The molecule has 1 N–H and O–H groups in total. The number of hydrogen-bond acceptors (Lipinski definition) is 5. The van der Waals surface area contributed by atoms with Crippen molar-refractivity contribution in [1.29, 1.82) is 0 Å². The SMILES string of the molecule is O=C1CCC(N2Cc3cc(-c4nccc(CN5CCC(F)C5)c4F)ccc3C2=O)C(=O)N1. The molecule has 2 aromatic rings. The van der Waals surface area contributed by atoms with E-state index < -0.39 is 23.9 Å². The molecular formula is C23H22F2N4O3. The van der Waals surface area contributed by atoms with E-state index in [4.69, 9.17) is 0 Å². The van der Waals surface area contributed by atoms with Gasteiger partial charge in [-0.05, 0) is 36.6 Å². The Bertz CT molecular complexity index is 1120. The maximum atomic E-state index is 15.2. The van der Waals surface area contributed by atoms with Crippen LogP contribution in [0.25, 0.3) is 11.3 Å². The topological polar surface area (TPSA) is 82.6 Å². The number of benzene rings is 1. The molecule has 3 aliphatic heterocycles. The van der Waals surface area contributed by atoms with Gasteiger partial charge in [-0.3, -0.25) is 29.6 Å². The molecule has 0 aliphatic carbocycles. The average molecular weight is 440 g/mol. The molecule has 1 aromatic carbocycles. The number of hydrogen-bond donors (Lipinski definition) is 1. The number of carbonyl (C=O) groups is 3. The summed E-state index contributed by atoms with van der Waals surface area (Å²) in [4.78, 5) is 44.0. The highest BCUT2D eigenvalue weighted by Crippen LogP contribution is 2.32. The third-order valence-corrected chi connectivity index (χ3v) is 6.37. The van der Waals surface area contributed by atoms with Gasteiger partial charge in [0.2, 0.25) is 11.8 Å². The fourth-order valence-electron chi connectivity index (χ4n) is 4.70. The number of pyridine rings is 1. The molecule has 5 rings (SSSR count). The van der Waals surface area contributed by atoms with E-state index in [9.17, 15) is 18.8 Å². The second-order valence-corrected chi connectivity index (χ2v) is 8.53. The smallest absolute Gasteiger partial charge is 0.255 e. The quantitative estimate of drug-likeness (QED) is 0.737. The van der Waals surface area contributed by atoms with Gasteiger partial charge in [-0.2, -0.15) is 0 Å². The number of nitrogens with zero attached hydrogens (tertiary/aromatic N) is 3. The van der Waals surface area contributed by atoms with E-state index in [1.807, 2.05) is 4.90 Å². The van der Waals surface area contributed by atoms with Crippen LogP contribution in [-0.4, -0.2) is 57.8 Å². The Hall–Kier alpha value is -3.20. The lowest BCUT2D eigenvalue weighted by molar-refractivity contribution is -0.136. The largest absolute Gasteiger partial charge is 0.322 e. The lowest BCUT2D eigenvalue weighted by Gasteiger charge is -2.29. The number of nitrogens with one attached hydrogen (secondary N) is 1. The van der Waals surface area contributed by atoms with Gasteiger partial charge in [0, 0.05) is 55.5 Å². The summed E-state index contributed by atoms with van der Waals surface area (Å²) in [5, 5.41) is 2.28. The second-order valence-electron chi connectivity index (χ2n) is 8.53. The molecule has 2 fully saturated rings. The predicted molar refractivity (Wildman–Crippen MR) is 110 cm³/mol. The van der Waals surface area contributed by atoms with Crippen molar-refractivity contribution in [2.75, 3.05) is 13.1 Å². The molecule has 2 unspecified atom stereocenters. The fourth-order valence-corrected chi connectivity index (χ4v) is 4.70. The second kappa shape index (κ2) is 8.05. The van der Waals surface area contributed by atoms with Crippen molar-refractivity contribution in [3.05, 3.63) is 53.0 Å². The molecular weight excluding hydrogens is 418 g/mol. The molecule has 166 valence electrons. The number of alkyl halides is 1. The van der Waals surface area contributed by atoms with Crippen LogP contribution in [0, 0.1) is 5.82 Å². The summed E-state index contributed by atoms with van der Waals surface area (Å²) in [6.07, 6.45) is 1.59. The summed E-state index contributed by atoms with van der Waals surface area (Å²) in [6, 6.07) is 5.90. The minimum absolute atomic E-state index is 0.174. The lowest BCUT2D eigenvalue weighted by atomic mass is 10.0. The Labute approximate surface area is 183 Å². The van der Waals surface area contributed by atoms with Crippen LogP contribution in [0.3, 0.4) is 0 Å². The summed E-state index contributed by atoms with van der Waals surface area (Å²) in [6.45, 7) is 1.42. The first-order valence-corrected chi connectivity index (χ1v) is 10.7. The number of imide groups is 1. The number of carbonyl (C=O) groups excluding carboxylic acids is 3. The van der Waals surface area contributed by atoms with Gasteiger partial charge < -0.3 is 4.90 Å². The Balaban J connectivity index is 1.39. The summed E-state index contributed by atoms with van der Waals surface area (Å²) in [5.74, 6) is -1.55. The van der Waals surface area contributed by atoms with E-state index in [1.54, 1.807) is 24.3 Å². The third kappa shape index (κ3) is 3.66. The number of likely N-dealkylation sites (tertiary alicyclic amines) is 1. The molecule has 3 amide bonds. The van der Waals surface area contributed by atoms with Crippen LogP contribution in [0.4, 0.5) is 8.78 Å². The molecule has 3 aliphatic rings. The molecule has 7 nitrogen and oxygen atoms in total. The standard InChI is InChI=1S/C23H22F2N4O3/c24-16-6-8-28(12-16)10-14-5-7-26-21(20(14)25)13-1-2-17-15(9-13)11-29(23(17)32)18-3-4-19(30)27-22(18)31/h1-2,5,7,9,16,18H,3-4,6,8,10-12H2,(H,27,30,31). The van der Waals surface area contributed by atoms with Gasteiger partial charge in [0.05, 0.1) is 0 Å². The van der Waals surface area contributed by atoms with Crippen molar-refractivity contribution < 1.29 is 23.2 Å². The first-order chi connectivity index (χ1) is 15.4. The molecule has 2 saturated heterocycles. The van der Waals surface area contributed by atoms with E-state index in [2.05, 4.69) is 10.3 Å². The summed E-state index contributed by atoms with van der Waals surface area (Å²) in [7, 11) is 0. The van der Waals surface area contributed by atoms with Gasteiger partial charge in [-0.1, -0.05) is 6.07 Å². The molecule has 0 saturated carbocycles. The predicted octanol–water partition coefficient (Wildman–Crippen LogP) is 2.19. The zero-order valence-electron chi connectivity index (χ0n) is 17.3. The Morgan fingerprint density at radius 2 is 2.00 bits per heavy atom. The van der Waals surface area contributed by atoms with Crippen molar-refractivity contribution in [3.8, 4) is 11.3 Å². The maximum absolute atomic E-state index is 15.2. The van der Waals surface area contributed by atoms with Crippen molar-refractivity contribution in [2.45, 2.75) is 44.6 Å². The summed E-state index contributed by atoms with van der Waals surface area (Å²) < 4.78 is 28.7. The van der Waals surface area contributed by atoms with Crippen LogP contribution in [0.15, 0.2) is 30.5 Å². The molecule has 0 radical (unpaired) electrons. The molecule has 1 aromatic heterocycles. The van der Waals surface area contributed by atoms with E-state index in [0.717, 1.165) is 0 Å². The van der Waals surface area contributed by atoms with E-state index in [-0.39, 0.29) is 36.9 Å². The summed E-state index contributed by atoms with van der Waals surface area (Å²) in [5.41, 5.74) is 2.30. The molecule has 9 heteroatoms. The van der Waals surface area contributed by atoms with Crippen LogP contribution in [0.2, 0.25) is 0 Å². The maximum Gasteiger partial charge on any atom is 0.255 e. The molecule has 32 heavy (non-hydrogen) atoms. The van der Waals surface area contributed by atoms with Gasteiger partial charge >= 0.3 is 0 Å². The van der Waals surface area contributed by atoms with Crippen molar-refractivity contribution >= 4 is 17.7 Å². The number of fused-ring (bicyclic) bond motifs is 1. The monoisotopic (exact) mass is 440 g/mol. The van der Waals surface area contributed by atoms with E-state index >= 15 is 4.39 Å². The number of aromatic nitrogens is 1. The van der Waals surface area contributed by atoms with Crippen LogP contribution in [-0.2, 0) is 22.7 Å². The zero-order valence-corrected chi connectivity index (χ0v) is 17.3. The molecule has 2 atom stereocenters. The minimum Gasteiger partial charge on any atom is -0.322 e. The number of piperidine rings is 1. The third-order valence-electron chi connectivity index (χ3n) is 6.37. The van der Waals surface area contributed by atoms with Gasteiger partial charge in [0.25, 0.3) is 5.91 Å². The first-order valence-electron chi connectivity index (χ1n) is 10.7. The van der Waals surface area contributed by atoms with Gasteiger partial charge in [0.15, 0.2) is 5.82 Å². The normalized spacial score (nSPS) is 23.6. The summed E-state index contributed by atoms with van der Waals surface area (Å²) >= 11 is 0. The van der Waals surface area contributed by atoms with E-state index in [1.165, 1.54) is 11.1 Å². The van der Waals surface area contributed by atoms with Gasteiger partial charge in [0.1, 0.15) is 17.9 Å². The Morgan fingerprint density at radius 3 is 2.75 bits per heavy atom. The molecule has 0 bridgehead atoms. The highest BCUT2D eigenvalue weighted by atomic mass is 19.1. The Morgan fingerprint density at radius 1 is 1.16 bits per heavy atom. The minimum atomic E-state index is -0.874. The number of rotatable bonds is 4. The van der Waals surface area contributed by atoms with Crippen molar-refractivity contribution in [2.24, 2.45) is 0 Å². The Kier molecular flexibility index (Phi) is 5.21. The van der Waals surface area contributed by atoms with Crippen LogP contribution >= 0.6 is 0 Å². The number of halogens is 2. The van der Waals surface area contributed by atoms with Gasteiger partial charge in [-0.25, -0.2) is 8.78 Å². The van der Waals surface area contributed by atoms with Crippen LogP contribution < -0.4 is 5.32 Å². The molecule has 4 heterocycles. The van der Waals surface area contributed by atoms with Gasteiger partial charge in [-0.15, -0.1) is 0 Å². The lowest BCUT2D eigenvalue weighted by Crippen LogP contribution is -2.52.